The van der Waals surface area contributed by atoms with E-state index in [2.05, 4.69) is 135 Å². The van der Waals surface area contributed by atoms with Gasteiger partial charge in [-0.15, -0.1) is 0 Å². The Bertz CT molecular complexity index is 2080. The van der Waals surface area contributed by atoms with Gasteiger partial charge in [-0.2, -0.15) is 0 Å². The van der Waals surface area contributed by atoms with E-state index in [0.29, 0.717) is 0 Å². The van der Waals surface area contributed by atoms with Gasteiger partial charge in [-0.3, -0.25) is 0 Å². The van der Waals surface area contributed by atoms with Crippen LogP contribution in [0.3, 0.4) is 0 Å². The lowest BCUT2D eigenvalue weighted by atomic mass is 9.90. The third-order valence-corrected chi connectivity index (χ3v) is 8.25. The molecule has 0 saturated heterocycles. The summed E-state index contributed by atoms with van der Waals surface area (Å²) in [7, 11) is 0. The molecule has 0 heteroatoms. The number of fused-ring (bicyclic) bond motifs is 5. The van der Waals surface area contributed by atoms with Gasteiger partial charge in [-0.1, -0.05) is 120 Å². The molecule has 6 aromatic carbocycles. The van der Waals surface area contributed by atoms with Crippen molar-refractivity contribution in [2.45, 2.75) is 13.8 Å². The lowest BCUT2D eigenvalue weighted by Crippen LogP contribution is -2.29. The fourth-order valence-corrected chi connectivity index (χ4v) is 6.51. The van der Waals surface area contributed by atoms with Crippen LogP contribution >= 0.6 is 0 Å². The van der Waals surface area contributed by atoms with E-state index in [1.54, 1.807) is 0 Å². The van der Waals surface area contributed by atoms with Gasteiger partial charge in [-0.25, -0.2) is 0 Å². The molecule has 0 radical (unpaired) electrons. The number of hydrogen-bond donors (Lipinski definition) is 0. The van der Waals surface area contributed by atoms with Crippen LogP contribution in [0, 0.1) is 13.8 Å². The predicted octanol–water partition coefficient (Wildman–Crippen LogP) is 6.04. The van der Waals surface area contributed by atoms with Gasteiger partial charge in [0.15, 0.2) is 0 Å². The summed E-state index contributed by atoms with van der Waals surface area (Å²) >= 11 is 0. The molecule has 0 unspecified atom stereocenters. The lowest BCUT2D eigenvalue weighted by molar-refractivity contribution is 1.38. The first-order valence-corrected chi connectivity index (χ1v) is 13.4. The molecule has 38 heavy (non-hydrogen) atoms. The van der Waals surface area contributed by atoms with Crippen LogP contribution in [0.5, 0.6) is 0 Å². The van der Waals surface area contributed by atoms with Crippen molar-refractivity contribution in [3.63, 3.8) is 0 Å². The zero-order valence-electron chi connectivity index (χ0n) is 21.5. The van der Waals surface area contributed by atoms with Gasteiger partial charge < -0.3 is 0 Å². The van der Waals surface area contributed by atoms with E-state index in [4.69, 9.17) is 0 Å². The molecule has 8 rings (SSSR count). The van der Waals surface area contributed by atoms with E-state index in [9.17, 15) is 0 Å². The Balaban J connectivity index is 1.52. The Labute approximate surface area is 221 Å². The molecule has 0 fully saturated rings. The Morgan fingerprint density at radius 3 is 1.18 bits per heavy atom. The molecule has 6 aromatic rings. The van der Waals surface area contributed by atoms with Crippen LogP contribution in [0.4, 0.5) is 0 Å². The van der Waals surface area contributed by atoms with Gasteiger partial charge >= 0.3 is 0 Å². The zero-order chi connectivity index (χ0) is 25.4. The third kappa shape index (κ3) is 3.04. The van der Waals surface area contributed by atoms with Crippen LogP contribution in [-0.4, -0.2) is 0 Å². The van der Waals surface area contributed by atoms with E-state index < -0.39 is 0 Å². The average molecular weight is 483 g/mol. The number of aryl methyl sites for hydroxylation is 2. The van der Waals surface area contributed by atoms with Crippen LogP contribution < -0.4 is 20.9 Å². The highest BCUT2D eigenvalue weighted by molar-refractivity contribution is 6.31. The molecule has 0 aromatic heterocycles. The van der Waals surface area contributed by atoms with Crippen molar-refractivity contribution in [1.82, 2.24) is 0 Å². The van der Waals surface area contributed by atoms with Crippen LogP contribution in [-0.2, 0) is 0 Å². The van der Waals surface area contributed by atoms with E-state index in [1.165, 1.54) is 87.0 Å². The Kier molecular flexibility index (Phi) is 4.46. The average Bonchev–Trinajstić information content (AvgIpc) is 3.43. The summed E-state index contributed by atoms with van der Waals surface area (Å²) < 4.78 is 0. The van der Waals surface area contributed by atoms with E-state index in [-0.39, 0.29) is 0 Å². The predicted molar refractivity (Wildman–Crippen MR) is 161 cm³/mol. The minimum Gasteiger partial charge on any atom is -0.0616 e. The third-order valence-electron chi connectivity index (χ3n) is 8.25. The second kappa shape index (κ2) is 7.91. The fourth-order valence-electron chi connectivity index (χ4n) is 6.51. The second-order valence-corrected chi connectivity index (χ2v) is 10.7. The standard InChI is InChI=1S/C38H26/c1-23-11-17-31-33(19-23)35(29-15-13-25-7-3-5-9-27(25)21-29)38-32-18-12-24(2)20-34(32)36(37(31)38)30-16-14-26-8-4-6-10-28(26)22-30/h3-22H,1-2H3. The smallest absolute Gasteiger partial charge is 0.000763 e. The molecular weight excluding hydrogens is 456 g/mol. The SMILES string of the molecule is Cc1ccc2c(c1)=C(c1ccc3ccccc3c1)C1=c3ccc(C)cc3=C(c3ccc4ccccc4c3)C=21. The van der Waals surface area contributed by atoms with Gasteiger partial charge in [0.05, 0.1) is 0 Å². The molecule has 0 heterocycles. The topological polar surface area (TPSA) is 0 Å². The molecule has 0 atom stereocenters. The molecule has 178 valence electrons. The first-order valence-electron chi connectivity index (χ1n) is 13.4. The zero-order valence-corrected chi connectivity index (χ0v) is 21.5. The highest BCUT2D eigenvalue weighted by Crippen LogP contribution is 2.40. The quantitative estimate of drug-likeness (QED) is 0.282. The summed E-state index contributed by atoms with van der Waals surface area (Å²) in [4.78, 5) is 0. The normalized spacial score (nSPS) is 13.8. The van der Waals surface area contributed by atoms with Gasteiger partial charge in [-0.05, 0) is 102 Å². The summed E-state index contributed by atoms with van der Waals surface area (Å²) in [6.45, 7) is 4.40. The Morgan fingerprint density at radius 1 is 0.316 bits per heavy atom. The first-order chi connectivity index (χ1) is 18.7. The van der Waals surface area contributed by atoms with E-state index in [1.807, 2.05) is 0 Å². The van der Waals surface area contributed by atoms with Gasteiger partial charge in [0.1, 0.15) is 0 Å². The summed E-state index contributed by atoms with van der Waals surface area (Å²) in [5, 5.41) is 10.5. The summed E-state index contributed by atoms with van der Waals surface area (Å²) in [5.41, 5.74) is 10.6. The maximum atomic E-state index is 2.38. The van der Waals surface area contributed by atoms with Crippen LogP contribution in [0.15, 0.2) is 121 Å². The maximum absolute atomic E-state index is 2.38. The Morgan fingerprint density at radius 2 is 0.737 bits per heavy atom. The van der Waals surface area contributed by atoms with Crippen LogP contribution in [0.2, 0.25) is 0 Å². The number of rotatable bonds is 2. The van der Waals surface area contributed by atoms with Crippen molar-refractivity contribution >= 4 is 43.8 Å². The highest BCUT2D eigenvalue weighted by atomic mass is 14.3. The van der Waals surface area contributed by atoms with Gasteiger partial charge in [0.25, 0.3) is 0 Å². The maximum Gasteiger partial charge on any atom is -0.000763 e. The molecular formula is C38H26. The molecule has 0 amide bonds. The van der Waals surface area contributed by atoms with Gasteiger partial charge in [0.2, 0.25) is 0 Å². The summed E-state index contributed by atoms with van der Waals surface area (Å²) in [6, 6.07) is 45.2. The molecule has 0 spiro atoms. The summed E-state index contributed by atoms with van der Waals surface area (Å²) in [5.74, 6) is 0. The van der Waals surface area contributed by atoms with E-state index in [0.717, 1.165) is 0 Å². The van der Waals surface area contributed by atoms with Crippen molar-refractivity contribution < 1.29 is 0 Å². The van der Waals surface area contributed by atoms with Crippen LogP contribution in [0.1, 0.15) is 22.3 Å². The largest absolute Gasteiger partial charge is 0.0616 e. The second-order valence-electron chi connectivity index (χ2n) is 10.7. The van der Waals surface area contributed by atoms with E-state index >= 15 is 0 Å². The summed E-state index contributed by atoms with van der Waals surface area (Å²) in [6.07, 6.45) is 0. The monoisotopic (exact) mass is 482 g/mol. The lowest BCUT2D eigenvalue weighted by Gasteiger charge is -2.12. The number of benzene rings is 6. The fraction of sp³-hybridized carbons (Fsp3) is 0.0526. The van der Waals surface area contributed by atoms with Gasteiger partial charge in [0, 0.05) is 0 Å². The minimum absolute atomic E-state index is 1.28. The molecule has 0 aliphatic heterocycles. The first kappa shape index (κ1) is 21.4. The van der Waals surface area contributed by atoms with Crippen molar-refractivity contribution in [3.8, 4) is 0 Å². The molecule has 0 N–H and O–H groups in total. The molecule has 0 nitrogen and oxygen atoms in total. The van der Waals surface area contributed by atoms with Crippen molar-refractivity contribution in [2.24, 2.45) is 0 Å². The number of hydrogen-bond acceptors (Lipinski definition) is 0. The van der Waals surface area contributed by atoms with Crippen molar-refractivity contribution in [2.75, 3.05) is 0 Å². The molecule has 2 aliphatic rings. The molecule has 0 saturated carbocycles. The van der Waals surface area contributed by atoms with Crippen molar-refractivity contribution in [1.29, 1.82) is 0 Å². The molecule has 2 aliphatic carbocycles. The molecule has 0 bridgehead atoms. The Hall–Kier alpha value is -4.68. The highest BCUT2D eigenvalue weighted by Gasteiger charge is 2.30. The minimum atomic E-state index is 1.28. The van der Waals surface area contributed by atoms with Crippen molar-refractivity contribution in [3.05, 3.63) is 164 Å². The van der Waals surface area contributed by atoms with Crippen LogP contribution in [0.25, 0.3) is 43.8 Å².